The van der Waals surface area contributed by atoms with Gasteiger partial charge in [0.15, 0.2) is 5.78 Å². The third-order valence-electron chi connectivity index (χ3n) is 5.77. The van der Waals surface area contributed by atoms with E-state index in [0.717, 1.165) is 39.9 Å². The zero-order valence-corrected chi connectivity index (χ0v) is 18.0. The Hall–Kier alpha value is -2.69. The minimum atomic E-state index is -0.107. The molecule has 30 heavy (non-hydrogen) atoms. The molecule has 0 unspecified atom stereocenters. The number of ketones is 1. The second-order valence-electron chi connectivity index (χ2n) is 8.46. The van der Waals surface area contributed by atoms with Gasteiger partial charge in [0.2, 0.25) is 0 Å². The molecule has 0 saturated carbocycles. The van der Waals surface area contributed by atoms with E-state index >= 15 is 0 Å². The van der Waals surface area contributed by atoms with Crippen LogP contribution in [0.5, 0.6) is 0 Å². The normalized spacial score (nSPS) is 15.4. The molecule has 158 valence electrons. The second-order valence-corrected chi connectivity index (χ2v) is 8.46. The Labute approximate surface area is 179 Å². The van der Waals surface area contributed by atoms with Crippen molar-refractivity contribution >= 4 is 17.0 Å². The zero-order chi connectivity index (χ0) is 21.7. The first-order valence-electron chi connectivity index (χ1n) is 10.5. The topological polar surface area (TPSA) is 69.6 Å². The molecule has 0 heterocycles. The number of hydrogen-bond acceptors (Lipinski definition) is 4. The average molecular weight is 406 g/mol. The highest BCUT2D eigenvalue weighted by Gasteiger charge is 2.30. The fourth-order valence-electron chi connectivity index (χ4n) is 4.04. The molecule has 0 radical (unpaired) electrons. The van der Waals surface area contributed by atoms with Crippen LogP contribution in [0.1, 0.15) is 55.9 Å². The molecule has 0 amide bonds. The van der Waals surface area contributed by atoms with Gasteiger partial charge in [0.1, 0.15) is 0 Å². The van der Waals surface area contributed by atoms with Gasteiger partial charge in [0.25, 0.3) is 0 Å². The lowest BCUT2D eigenvalue weighted by molar-refractivity contribution is -0.115. The van der Waals surface area contributed by atoms with Gasteiger partial charge >= 0.3 is 0 Å². The molecule has 0 aromatic heterocycles. The number of rotatable bonds is 8. The van der Waals surface area contributed by atoms with Crippen LogP contribution in [-0.4, -0.2) is 16.0 Å². The molecular weight excluding hydrogens is 374 g/mol. The molecule has 0 saturated heterocycles. The van der Waals surface area contributed by atoms with Gasteiger partial charge in [0, 0.05) is 18.7 Å². The fourth-order valence-corrected chi connectivity index (χ4v) is 4.04. The van der Waals surface area contributed by atoms with Crippen molar-refractivity contribution in [1.29, 1.82) is 0 Å². The third-order valence-corrected chi connectivity index (χ3v) is 5.77. The van der Waals surface area contributed by atoms with E-state index in [0.29, 0.717) is 13.0 Å². The van der Waals surface area contributed by atoms with Gasteiger partial charge in [-0.15, -0.1) is 0 Å². The van der Waals surface area contributed by atoms with Crippen molar-refractivity contribution in [2.24, 2.45) is 5.41 Å². The van der Waals surface area contributed by atoms with Crippen LogP contribution < -0.4 is 5.32 Å². The lowest BCUT2D eigenvalue weighted by Crippen LogP contribution is -2.20. The Morgan fingerprint density at radius 3 is 2.47 bits per heavy atom. The molecule has 0 atom stereocenters. The van der Waals surface area contributed by atoms with Crippen molar-refractivity contribution in [2.75, 3.05) is 5.32 Å². The molecule has 2 aromatic carbocycles. The number of benzene rings is 2. The van der Waals surface area contributed by atoms with Crippen molar-refractivity contribution in [3.05, 3.63) is 82.4 Å². The molecule has 3 N–H and O–H groups in total. The summed E-state index contributed by atoms with van der Waals surface area (Å²) in [5.41, 5.74) is 6.75. The van der Waals surface area contributed by atoms with E-state index in [1.54, 1.807) is 0 Å². The Bertz CT molecular complexity index is 986. The fraction of sp³-hybridized carbons (Fsp3) is 0.346. The standard InChI is InChI=1S/C26H31NO3/c1-4-25(30)20-10-11-24(26(2,3)14-20)19-6-5-7-23(13-19)27-15-18-8-9-21(16-28)22(12-18)17-29/h5-13,27-29H,4,14-17H2,1-3H3. The van der Waals surface area contributed by atoms with Gasteiger partial charge in [-0.25, -0.2) is 0 Å². The first kappa shape index (κ1) is 22.0. The number of aliphatic hydroxyl groups excluding tert-OH is 2. The van der Waals surface area contributed by atoms with E-state index in [9.17, 15) is 15.0 Å². The monoisotopic (exact) mass is 405 g/mol. The molecule has 0 fully saturated rings. The van der Waals surface area contributed by atoms with Gasteiger partial charge in [-0.2, -0.15) is 0 Å². The minimum Gasteiger partial charge on any atom is -0.392 e. The smallest absolute Gasteiger partial charge is 0.158 e. The van der Waals surface area contributed by atoms with E-state index in [1.165, 1.54) is 5.57 Å². The van der Waals surface area contributed by atoms with Gasteiger partial charge in [-0.1, -0.05) is 63.3 Å². The molecule has 2 aromatic rings. The van der Waals surface area contributed by atoms with E-state index in [2.05, 4.69) is 37.4 Å². The van der Waals surface area contributed by atoms with Crippen molar-refractivity contribution in [1.82, 2.24) is 0 Å². The summed E-state index contributed by atoms with van der Waals surface area (Å²) in [5, 5.41) is 22.3. The number of carbonyl (C=O) groups is 1. The molecule has 0 aliphatic heterocycles. The van der Waals surface area contributed by atoms with Gasteiger partial charge in [-0.05, 0) is 57.4 Å². The van der Waals surface area contributed by atoms with Gasteiger partial charge in [0.05, 0.1) is 13.2 Å². The van der Waals surface area contributed by atoms with Crippen molar-refractivity contribution in [3.63, 3.8) is 0 Å². The SMILES string of the molecule is CCC(=O)C1=CC=C(c2cccc(NCc3ccc(CO)c(CO)c3)c2)C(C)(C)C1. The van der Waals surface area contributed by atoms with Crippen LogP contribution >= 0.6 is 0 Å². The Morgan fingerprint density at radius 2 is 1.80 bits per heavy atom. The second kappa shape index (κ2) is 9.41. The number of anilines is 1. The molecule has 0 bridgehead atoms. The van der Waals surface area contributed by atoms with Crippen molar-refractivity contribution in [3.8, 4) is 0 Å². The van der Waals surface area contributed by atoms with Gasteiger partial charge < -0.3 is 15.5 Å². The lowest BCUT2D eigenvalue weighted by atomic mass is 9.72. The summed E-state index contributed by atoms with van der Waals surface area (Å²) in [6, 6.07) is 14.1. The summed E-state index contributed by atoms with van der Waals surface area (Å²) in [5.74, 6) is 0.225. The van der Waals surface area contributed by atoms with Gasteiger partial charge in [-0.3, -0.25) is 4.79 Å². The number of aliphatic hydroxyl groups is 2. The van der Waals surface area contributed by atoms with E-state index in [-0.39, 0.29) is 24.4 Å². The molecule has 1 aliphatic rings. The predicted molar refractivity (Wildman–Crippen MR) is 122 cm³/mol. The first-order valence-corrected chi connectivity index (χ1v) is 10.5. The van der Waals surface area contributed by atoms with Crippen LogP contribution in [0.2, 0.25) is 0 Å². The molecule has 4 heteroatoms. The summed E-state index contributed by atoms with van der Waals surface area (Å²) in [7, 11) is 0. The summed E-state index contributed by atoms with van der Waals surface area (Å²) in [6.07, 6.45) is 5.37. The van der Waals surface area contributed by atoms with E-state index in [1.807, 2.05) is 43.3 Å². The quantitative estimate of drug-likeness (QED) is 0.578. The van der Waals surface area contributed by atoms with Crippen molar-refractivity contribution in [2.45, 2.75) is 53.4 Å². The van der Waals surface area contributed by atoms with Crippen LogP contribution in [0.25, 0.3) is 5.57 Å². The predicted octanol–water partition coefficient (Wildman–Crippen LogP) is 5.00. The first-order chi connectivity index (χ1) is 14.4. The zero-order valence-electron chi connectivity index (χ0n) is 18.0. The number of hydrogen-bond donors (Lipinski definition) is 3. The highest BCUT2D eigenvalue weighted by atomic mass is 16.3. The van der Waals surface area contributed by atoms with Crippen LogP contribution in [-0.2, 0) is 24.6 Å². The van der Waals surface area contributed by atoms with E-state index in [4.69, 9.17) is 0 Å². The molecule has 0 spiro atoms. The van der Waals surface area contributed by atoms with Crippen molar-refractivity contribution < 1.29 is 15.0 Å². The minimum absolute atomic E-state index is 0.0729. The largest absolute Gasteiger partial charge is 0.392 e. The Kier molecular flexibility index (Phi) is 6.91. The molecule has 4 nitrogen and oxygen atoms in total. The number of nitrogens with one attached hydrogen (secondary N) is 1. The maximum absolute atomic E-state index is 12.1. The van der Waals surface area contributed by atoms with Crippen LogP contribution in [0.4, 0.5) is 5.69 Å². The van der Waals surface area contributed by atoms with Crippen LogP contribution in [0.3, 0.4) is 0 Å². The molecule has 1 aliphatic carbocycles. The lowest BCUT2D eigenvalue weighted by Gasteiger charge is -2.32. The highest BCUT2D eigenvalue weighted by molar-refractivity contribution is 5.97. The average Bonchev–Trinajstić information content (AvgIpc) is 2.76. The van der Waals surface area contributed by atoms with Crippen LogP contribution in [0.15, 0.2) is 60.2 Å². The molecular formula is C26H31NO3. The Balaban J connectivity index is 1.79. The summed E-state index contributed by atoms with van der Waals surface area (Å²) in [4.78, 5) is 12.1. The van der Waals surface area contributed by atoms with Crippen LogP contribution in [0, 0.1) is 5.41 Å². The van der Waals surface area contributed by atoms with E-state index < -0.39 is 0 Å². The number of Topliss-reactive ketones (excluding diaryl/α,β-unsaturated/α-hetero) is 1. The molecule has 3 rings (SSSR count). The highest BCUT2D eigenvalue weighted by Crippen LogP contribution is 2.43. The third kappa shape index (κ3) is 4.89. The maximum atomic E-state index is 12.1. The number of carbonyl (C=O) groups excluding carboxylic acids is 1. The number of allylic oxidation sites excluding steroid dienone is 4. The summed E-state index contributed by atoms with van der Waals surface area (Å²) < 4.78 is 0. The maximum Gasteiger partial charge on any atom is 0.158 e. The summed E-state index contributed by atoms with van der Waals surface area (Å²) >= 11 is 0. The summed E-state index contributed by atoms with van der Waals surface area (Å²) in [6.45, 7) is 6.75. The Morgan fingerprint density at radius 1 is 1.03 bits per heavy atom.